The molecule has 3 aliphatic heterocycles. The third-order valence-corrected chi connectivity index (χ3v) is 8.51. The van der Waals surface area contributed by atoms with Crippen molar-refractivity contribution in [2.75, 3.05) is 62.6 Å². The minimum atomic E-state index is -2.89. The van der Waals surface area contributed by atoms with Gasteiger partial charge in [-0.25, -0.2) is 12.8 Å². The number of sulfone groups is 1. The molecule has 0 saturated carbocycles. The van der Waals surface area contributed by atoms with Gasteiger partial charge in [-0.1, -0.05) is 6.07 Å². The Kier molecular flexibility index (Phi) is 7.11. The fourth-order valence-corrected chi connectivity index (χ4v) is 6.69. The number of carbonyl (C=O) groups is 2. The van der Waals surface area contributed by atoms with Crippen molar-refractivity contribution in [3.8, 4) is 0 Å². The molecular weight excluding hydrogens is 435 g/mol. The van der Waals surface area contributed by atoms with Gasteiger partial charge >= 0.3 is 0 Å². The fourth-order valence-electron chi connectivity index (χ4n) is 4.93. The molecular formula is C22H31FN4O4S. The molecule has 10 heteroatoms. The van der Waals surface area contributed by atoms with E-state index in [1.807, 2.05) is 9.80 Å². The van der Waals surface area contributed by atoms with Crippen molar-refractivity contribution in [1.29, 1.82) is 0 Å². The van der Waals surface area contributed by atoms with Crippen molar-refractivity contribution in [3.05, 3.63) is 30.1 Å². The zero-order valence-electron chi connectivity index (χ0n) is 18.2. The average molecular weight is 467 g/mol. The summed E-state index contributed by atoms with van der Waals surface area (Å²) in [5, 5.41) is 2.70. The number of hydrogen-bond acceptors (Lipinski definition) is 6. The molecule has 3 fully saturated rings. The molecule has 0 aliphatic carbocycles. The molecule has 1 aromatic carbocycles. The van der Waals surface area contributed by atoms with E-state index in [1.165, 1.54) is 12.1 Å². The summed E-state index contributed by atoms with van der Waals surface area (Å²) in [5.74, 6) is 0.104. The zero-order chi connectivity index (χ0) is 22.7. The van der Waals surface area contributed by atoms with Crippen LogP contribution in [0.25, 0.3) is 0 Å². The van der Waals surface area contributed by atoms with Gasteiger partial charge in [0.1, 0.15) is 5.82 Å². The van der Waals surface area contributed by atoms with Gasteiger partial charge in [-0.05, 0) is 50.6 Å². The standard InChI is InChI=1S/C22H31FN4O4S/c23-18-2-1-3-19(14-18)24-21(28)15-25-9-11-27(12-10-25)22(29)17-4-7-26(8-5-17)20-6-13-32(30,31)16-20/h1-3,14,17,20H,4-13,15-16H2,(H,24,28)/t20-/m1/s1. The number of carbonyl (C=O) groups excluding carboxylic acids is 2. The van der Waals surface area contributed by atoms with Crippen LogP contribution in [0.1, 0.15) is 19.3 Å². The first kappa shape index (κ1) is 23.1. The Labute approximate surface area is 188 Å². The minimum Gasteiger partial charge on any atom is -0.340 e. The number of hydrogen-bond donors (Lipinski definition) is 1. The summed E-state index contributed by atoms with van der Waals surface area (Å²) < 4.78 is 36.7. The number of rotatable bonds is 5. The van der Waals surface area contributed by atoms with Gasteiger partial charge in [0.25, 0.3) is 0 Å². The molecule has 0 spiro atoms. The topological polar surface area (TPSA) is 90.0 Å². The largest absolute Gasteiger partial charge is 0.340 e. The molecule has 1 atom stereocenters. The van der Waals surface area contributed by atoms with E-state index < -0.39 is 15.7 Å². The Morgan fingerprint density at radius 2 is 1.75 bits per heavy atom. The van der Waals surface area contributed by atoms with Crippen LogP contribution in [0.15, 0.2) is 24.3 Å². The lowest BCUT2D eigenvalue weighted by molar-refractivity contribution is -0.139. The molecule has 4 rings (SSSR count). The van der Waals surface area contributed by atoms with Crippen LogP contribution in [0.2, 0.25) is 0 Å². The van der Waals surface area contributed by atoms with Gasteiger partial charge in [0.15, 0.2) is 9.84 Å². The van der Waals surface area contributed by atoms with Crippen molar-refractivity contribution in [2.45, 2.75) is 25.3 Å². The lowest BCUT2D eigenvalue weighted by atomic mass is 9.94. The summed E-state index contributed by atoms with van der Waals surface area (Å²) in [6.07, 6.45) is 2.24. The van der Waals surface area contributed by atoms with Crippen LogP contribution in [0, 0.1) is 11.7 Å². The molecule has 8 nitrogen and oxygen atoms in total. The normalized spacial score (nSPS) is 25.0. The maximum absolute atomic E-state index is 13.3. The highest BCUT2D eigenvalue weighted by Gasteiger charge is 2.36. The van der Waals surface area contributed by atoms with E-state index in [4.69, 9.17) is 0 Å². The highest BCUT2D eigenvalue weighted by Crippen LogP contribution is 2.26. The molecule has 176 valence electrons. The number of piperazine rings is 1. The number of likely N-dealkylation sites (tertiary alicyclic amines) is 1. The highest BCUT2D eigenvalue weighted by atomic mass is 32.2. The van der Waals surface area contributed by atoms with Crippen molar-refractivity contribution >= 4 is 27.3 Å². The third-order valence-electron chi connectivity index (χ3n) is 6.76. The van der Waals surface area contributed by atoms with Crippen molar-refractivity contribution in [2.24, 2.45) is 5.92 Å². The van der Waals surface area contributed by atoms with E-state index in [9.17, 15) is 22.4 Å². The van der Waals surface area contributed by atoms with Gasteiger partial charge in [0.2, 0.25) is 11.8 Å². The van der Waals surface area contributed by atoms with Gasteiger partial charge in [-0.3, -0.25) is 19.4 Å². The monoisotopic (exact) mass is 466 g/mol. The average Bonchev–Trinajstić information content (AvgIpc) is 3.13. The van der Waals surface area contributed by atoms with E-state index in [1.54, 1.807) is 12.1 Å². The Morgan fingerprint density at radius 1 is 1.03 bits per heavy atom. The highest BCUT2D eigenvalue weighted by molar-refractivity contribution is 7.91. The van der Waals surface area contributed by atoms with Crippen LogP contribution in [-0.2, 0) is 19.4 Å². The molecule has 0 aromatic heterocycles. The molecule has 1 aromatic rings. The van der Waals surface area contributed by atoms with Crippen molar-refractivity contribution in [3.63, 3.8) is 0 Å². The Hall–Kier alpha value is -2.04. The molecule has 0 bridgehead atoms. The molecule has 0 unspecified atom stereocenters. The number of nitrogens with one attached hydrogen (secondary N) is 1. The summed E-state index contributed by atoms with van der Waals surface area (Å²) in [5.41, 5.74) is 0.436. The van der Waals surface area contributed by atoms with Gasteiger partial charge in [-0.15, -0.1) is 0 Å². The Morgan fingerprint density at radius 3 is 2.38 bits per heavy atom. The first-order chi connectivity index (χ1) is 15.3. The summed E-state index contributed by atoms with van der Waals surface area (Å²) >= 11 is 0. The molecule has 1 N–H and O–H groups in total. The minimum absolute atomic E-state index is 0.00733. The molecule has 3 heterocycles. The second-order valence-electron chi connectivity index (χ2n) is 9.03. The van der Waals surface area contributed by atoms with Crippen LogP contribution in [-0.4, -0.2) is 98.3 Å². The second-order valence-corrected chi connectivity index (χ2v) is 11.3. The first-order valence-corrected chi connectivity index (χ1v) is 13.1. The number of nitrogens with zero attached hydrogens (tertiary/aromatic N) is 3. The summed E-state index contributed by atoms with van der Waals surface area (Å²) in [4.78, 5) is 31.3. The quantitative estimate of drug-likeness (QED) is 0.691. The summed E-state index contributed by atoms with van der Waals surface area (Å²) in [6, 6.07) is 5.92. The SMILES string of the molecule is O=C(CN1CCN(C(=O)C2CCN([C@@H]3CCS(=O)(=O)C3)CC2)CC1)Nc1cccc(F)c1. The molecule has 3 saturated heterocycles. The predicted molar refractivity (Wildman–Crippen MR) is 119 cm³/mol. The van der Waals surface area contributed by atoms with Crippen LogP contribution >= 0.6 is 0 Å². The van der Waals surface area contributed by atoms with Crippen molar-refractivity contribution < 1.29 is 22.4 Å². The number of piperidine rings is 1. The smallest absolute Gasteiger partial charge is 0.238 e. The maximum atomic E-state index is 13.3. The third kappa shape index (κ3) is 5.85. The molecule has 0 radical (unpaired) electrons. The number of benzene rings is 1. The van der Waals surface area contributed by atoms with E-state index in [0.29, 0.717) is 38.3 Å². The number of anilines is 1. The number of halogens is 1. The van der Waals surface area contributed by atoms with Gasteiger partial charge in [0.05, 0.1) is 18.1 Å². The molecule has 3 aliphatic rings. The molecule has 32 heavy (non-hydrogen) atoms. The number of amides is 2. The maximum Gasteiger partial charge on any atom is 0.238 e. The predicted octanol–water partition coefficient (Wildman–Crippen LogP) is 0.808. The van der Waals surface area contributed by atoms with E-state index in [0.717, 1.165) is 25.9 Å². The van der Waals surface area contributed by atoms with E-state index in [2.05, 4.69) is 10.2 Å². The summed E-state index contributed by atoms with van der Waals surface area (Å²) in [6.45, 7) is 4.19. The lowest BCUT2D eigenvalue weighted by Gasteiger charge is -2.39. The second kappa shape index (κ2) is 9.84. The molecule has 2 amide bonds. The van der Waals surface area contributed by atoms with Crippen LogP contribution in [0.4, 0.5) is 10.1 Å². The Balaban J connectivity index is 1.18. The van der Waals surface area contributed by atoms with Gasteiger partial charge < -0.3 is 10.2 Å². The van der Waals surface area contributed by atoms with Crippen LogP contribution in [0.3, 0.4) is 0 Å². The summed E-state index contributed by atoms with van der Waals surface area (Å²) in [7, 11) is -2.89. The Bertz CT molecular complexity index is 941. The fraction of sp³-hybridized carbons (Fsp3) is 0.636. The van der Waals surface area contributed by atoms with Crippen LogP contribution < -0.4 is 5.32 Å². The van der Waals surface area contributed by atoms with E-state index in [-0.39, 0.29) is 41.8 Å². The lowest BCUT2D eigenvalue weighted by Crippen LogP contribution is -2.53. The van der Waals surface area contributed by atoms with Crippen molar-refractivity contribution in [1.82, 2.24) is 14.7 Å². The van der Waals surface area contributed by atoms with E-state index >= 15 is 0 Å². The van der Waals surface area contributed by atoms with Gasteiger partial charge in [-0.2, -0.15) is 0 Å². The van der Waals surface area contributed by atoms with Gasteiger partial charge in [0, 0.05) is 43.8 Å². The van der Waals surface area contributed by atoms with Crippen LogP contribution in [0.5, 0.6) is 0 Å². The zero-order valence-corrected chi connectivity index (χ0v) is 19.0. The first-order valence-electron chi connectivity index (χ1n) is 11.3.